The number of likely N-dealkylation sites (tertiary alicyclic amines) is 1. The summed E-state index contributed by atoms with van der Waals surface area (Å²) >= 11 is 7.23. The fraction of sp³-hybridized carbons (Fsp3) is 0.297. The normalized spacial score (nSPS) is 28.7. The summed E-state index contributed by atoms with van der Waals surface area (Å²) in [5, 5.41) is 10.9. The molecule has 3 aromatic rings. The number of ketones is 2. The third-order valence-corrected chi connectivity index (χ3v) is 12.6. The molecule has 0 unspecified atom stereocenters. The van der Waals surface area contributed by atoms with Gasteiger partial charge >= 0.3 is 0 Å². The van der Waals surface area contributed by atoms with Gasteiger partial charge in [-0.25, -0.2) is 0 Å². The van der Waals surface area contributed by atoms with Crippen LogP contribution in [0.3, 0.4) is 0 Å². The average molecular weight is 745 g/mol. The second kappa shape index (κ2) is 11.5. The van der Waals surface area contributed by atoms with Crippen LogP contribution in [0.4, 0.5) is 0 Å². The van der Waals surface area contributed by atoms with Crippen LogP contribution in [0.5, 0.6) is 11.5 Å². The van der Waals surface area contributed by atoms with Gasteiger partial charge in [-0.2, -0.15) is 0 Å². The number of phenols is 1. The zero-order valence-electron chi connectivity index (χ0n) is 25.2. The Hall–Kier alpha value is -3.82. The lowest BCUT2D eigenvalue weighted by atomic mass is 9.44. The topological polar surface area (TPSA) is 101 Å². The first-order chi connectivity index (χ1) is 22.2. The first-order valence-electron chi connectivity index (χ1n) is 15.4. The van der Waals surface area contributed by atoms with E-state index in [2.05, 4.69) is 31.9 Å². The summed E-state index contributed by atoms with van der Waals surface area (Å²) in [5.41, 5.74) is 1.78. The van der Waals surface area contributed by atoms with Crippen molar-refractivity contribution in [3.05, 3.63) is 110 Å². The Kier molecular flexibility index (Phi) is 7.67. The van der Waals surface area contributed by atoms with Crippen LogP contribution in [-0.4, -0.2) is 47.0 Å². The molecule has 0 radical (unpaired) electrons. The molecule has 1 heterocycles. The lowest BCUT2D eigenvalue weighted by molar-refractivity contribution is -0.140. The van der Waals surface area contributed by atoms with Gasteiger partial charge in [-0.1, -0.05) is 72.3 Å². The van der Waals surface area contributed by atoms with E-state index in [1.54, 1.807) is 13.0 Å². The van der Waals surface area contributed by atoms with E-state index >= 15 is 4.79 Å². The molecular formula is C37H31Br2NO6. The molecule has 0 spiro atoms. The first-order valence-corrected chi connectivity index (χ1v) is 17.0. The second-order valence-electron chi connectivity index (χ2n) is 12.4. The van der Waals surface area contributed by atoms with Crippen molar-refractivity contribution in [3.8, 4) is 11.5 Å². The largest absolute Gasteiger partial charge is 0.503 e. The van der Waals surface area contributed by atoms with Gasteiger partial charge < -0.3 is 9.84 Å². The van der Waals surface area contributed by atoms with Gasteiger partial charge in [0.1, 0.15) is 0 Å². The second-order valence-corrected chi connectivity index (χ2v) is 13.9. The highest BCUT2D eigenvalue weighted by Crippen LogP contribution is 2.65. The number of amides is 2. The maximum Gasteiger partial charge on any atom is 0.233 e. The molecule has 0 aromatic heterocycles. The Labute approximate surface area is 283 Å². The number of fused-ring (bicyclic) bond motifs is 4. The predicted octanol–water partition coefficient (Wildman–Crippen LogP) is 6.77. The smallest absolute Gasteiger partial charge is 0.233 e. The molecule has 7 nitrogen and oxygen atoms in total. The van der Waals surface area contributed by atoms with Crippen molar-refractivity contribution >= 4 is 60.8 Å². The summed E-state index contributed by atoms with van der Waals surface area (Å²) in [6.07, 6.45) is 4.10. The van der Waals surface area contributed by atoms with Gasteiger partial charge in [0.2, 0.25) is 11.8 Å². The number of aromatic hydroxyl groups is 1. The molecule has 1 saturated heterocycles. The van der Waals surface area contributed by atoms with E-state index in [4.69, 9.17) is 4.74 Å². The van der Waals surface area contributed by atoms with Crippen molar-refractivity contribution < 1.29 is 29.0 Å². The van der Waals surface area contributed by atoms with Crippen LogP contribution >= 0.6 is 31.9 Å². The van der Waals surface area contributed by atoms with Crippen LogP contribution in [0.2, 0.25) is 0 Å². The molecule has 3 aliphatic carbocycles. The molecule has 1 saturated carbocycles. The number of benzene rings is 3. The number of imide groups is 1. The minimum Gasteiger partial charge on any atom is -0.503 e. The SMILES string of the molecule is CCN1C(=O)[C@H]2[C@H](CC=C3[C@H]2C[C@H]2C(=O)C(c4ccccc4)=CC(=O)[C@@]2(c2ccccc2)[C@H]3c2cc(OC)c(O)c(Br)c2Br)C1=O. The van der Waals surface area contributed by atoms with E-state index in [-0.39, 0.29) is 47.8 Å². The molecule has 1 N–H and O–H groups in total. The van der Waals surface area contributed by atoms with Crippen LogP contribution in [-0.2, 0) is 24.6 Å². The van der Waals surface area contributed by atoms with Crippen molar-refractivity contribution in [1.29, 1.82) is 0 Å². The third kappa shape index (κ3) is 4.20. The number of hydrogen-bond donors (Lipinski definition) is 1. The highest BCUT2D eigenvalue weighted by Gasteiger charge is 2.66. The van der Waals surface area contributed by atoms with Gasteiger partial charge in [0.25, 0.3) is 0 Å². The summed E-state index contributed by atoms with van der Waals surface area (Å²) in [4.78, 5) is 58.7. The number of allylic oxidation sites excluding steroid dienone is 4. The van der Waals surface area contributed by atoms with Crippen LogP contribution in [0, 0.1) is 23.7 Å². The number of ether oxygens (including phenoxy) is 1. The highest BCUT2D eigenvalue weighted by atomic mass is 79.9. The van der Waals surface area contributed by atoms with E-state index < -0.39 is 35.0 Å². The van der Waals surface area contributed by atoms with Crippen molar-refractivity contribution in [2.45, 2.75) is 31.1 Å². The lowest BCUT2D eigenvalue weighted by Crippen LogP contribution is -2.59. The standard InChI is InChI=1S/C37H31Br2NO6/c1-3-40-35(44)22-15-14-21-24(29(22)36(40)45)16-26-33(42)23(19-10-6-4-7-11-19)18-28(41)37(26,20-12-8-5-9-13-20)30(21)25-17-27(46-2)34(43)32(39)31(25)38/h4-14,17-18,22,24,26,29-30,43H,3,15-16H2,1-2H3/t22-,24+,26-,29-,30+,37-/m0/s1. The molecular weight excluding hydrogens is 714 g/mol. The molecule has 2 fully saturated rings. The van der Waals surface area contributed by atoms with Gasteiger partial charge in [-0.05, 0) is 86.4 Å². The van der Waals surface area contributed by atoms with Gasteiger partial charge in [0, 0.05) is 28.4 Å². The van der Waals surface area contributed by atoms with E-state index in [1.807, 2.05) is 66.7 Å². The number of carbonyl (C=O) groups is 4. The summed E-state index contributed by atoms with van der Waals surface area (Å²) in [6, 6.07) is 20.3. The van der Waals surface area contributed by atoms with Crippen LogP contribution < -0.4 is 4.74 Å². The minimum absolute atomic E-state index is 0.110. The number of phenolic OH excluding ortho intramolecular Hbond substituents is 1. The fourth-order valence-corrected chi connectivity index (χ4v) is 9.53. The molecule has 3 aromatic carbocycles. The van der Waals surface area contributed by atoms with Gasteiger partial charge in [-0.15, -0.1) is 0 Å². The molecule has 4 aliphatic rings. The van der Waals surface area contributed by atoms with Crippen LogP contribution in [0.25, 0.3) is 5.57 Å². The molecule has 9 heteroatoms. The number of Topliss-reactive ketones (excluding diaryl/α,β-unsaturated/α-hetero) is 1. The quantitative estimate of drug-likeness (QED) is 0.229. The summed E-state index contributed by atoms with van der Waals surface area (Å²) < 4.78 is 6.44. The minimum atomic E-state index is -1.38. The van der Waals surface area contributed by atoms with Gasteiger partial charge in [0.05, 0.1) is 28.8 Å². The molecule has 7 rings (SSSR count). The third-order valence-electron chi connectivity index (χ3n) is 10.5. The molecule has 1 aliphatic heterocycles. The number of carbonyl (C=O) groups excluding carboxylic acids is 4. The Balaban J connectivity index is 1.56. The average Bonchev–Trinajstić information content (AvgIpc) is 3.33. The van der Waals surface area contributed by atoms with Crippen molar-refractivity contribution in [1.82, 2.24) is 4.90 Å². The first kappa shape index (κ1) is 30.8. The maximum atomic E-state index is 15.1. The van der Waals surface area contributed by atoms with Gasteiger partial charge in [0.15, 0.2) is 23.1 Å². The summed E-state index contributed by atoms with van der Waals surface area (Å²) in [5.74, 6) is -3.92. The van der Waals surface area contributed by atoms with Crippen LogP contribution in [0.1, 0.15) is 42.4 Å². The Bertz CT molecular complexity index is 1870. The summed E-state index contributed by atoms with van der Waals surface area (Å²) in [7, 11) is 1.45. The molecule has 0 bridgehead atoms. The van der Waals surface area contributed by atoms with Crippen LogP contribution in [0.15, 0.2) is 93.4 Å². The summed E-state index contributed by atoms with van der Waals surface area (Å²) in [6.45, 7) is 2.07. The molecule has 234 valence electrons. The molecule has 6 atom stereocenters. The molecule has 2 amide bonds. The van der Waals surface area contributed by atoms with E-state index in [0.717, 1.165) is 5.57 Å². The molecule has 46 heavy (non-hydrogen) atoms. The number of nitrogens with zero attached hydrogens (tertiary/aromatic N) is 1. The van der Waals surface area contributed by atoms with E-state index in [1.165, 1.54) is 18.1 Å². The van der Waals surface area contributed by atoms with Crippen molar-refractivity contribution in [2.75, 3.05) is 13.7 Å². The number of hydrogen-bond acceptors (Lipinski definition) is 6. The number of rotatable bonds is 5. The highest BCUT2D eigenvalue weighted by molar-refractivity contribution is 9.13. The van der Waals surface area contributed by atoms with Crippen molar-refractivity contribution in [3.63, 3.8) is 0 Å². The fourth-order valence-electron chi connectivity index (χ4n) is 8.57. The number of methoxy groups -OCH3 is 1. The van der Waals surface area contributed by atoms with Gasteiger partial charge in [-0.3, -0.25) is 24.1 Å². The Morgan fingerprint density at radius 3 is 2.26 bits per heavy atom. The van der Waals surface area contributed by atoms with E-state index in [9.17, 15) is 19.5 Å². The van der Waals surface area contributed by atoms with E-state index in [0.29, 0.717) is 37.6 Å². The number of halogens is 2. The zero-order valence-corrected chi connectivity index (χ0v) is 28.4. The maximum absolute atomic E-state index is 15.1. The zero-order chi connectivity index (χ0) is 32.5. The Morgan fingerprint density at radius 1 is 0.935 bits per heavy atom. The predicted molar refractivity (Wildman–Crippen MR) is 179 cm³/mol. The monoisotopic (exact) mass is 743 g/mol. The Morgan fingerprint density at radius 2 is 1.61 bits per heavy atom. The van der Waals surface area contributed by atoms with Crippen molar-refractivity contribution in [2.24, 2.45) is 23.7 Å². The lowest BCUT2D eigenvalue weighted by Gasteiger charge is -2.55.